The number of hydrogen-bond donors (Lipinski definition) is 1. The number of anilines is 1. The predicted molar refractivity (Wildman–Crippen MR) is 137 cm³/mol. The fraction of sp³-hybridized carbons (Fsp3) is 0.269. The lowest BCUT2D eigenvalue weighted by molar-refractivity contribution is -0.113. The molecule has 0 fully saturated rings. The van der Waals surface area contributed by atoms with E-state index in [0.29, 0.717) is 5.16 Å². The summed E-state index contributed by atoms with van der Waals surface area (Å²) >= 11 is 2.93. The number of nitrogens with one attached hydrogen (secondary N) is 1. The van der Waals surface area contributed by atoms with Crippen molar-refractivity contribution in [2.24, 2.45) is 0 Å². The van der Waals surface area contributed by atoms with Crippen molar-refractivity contribution in [2.45, 2.75) is 45.2 Å². The van der Waals surface area contributed by atoms with Gasteiger partial charge in [0.1, 0.15) is 4.83 Å². The Bertz CT molecular complexity index is 1450. The summed E-state index contributed by atoms with van der Waals surface area (Å²) in [4.78, 5) is 33.4. The minimum Gasteiger partial charge on any atom is -0.325 e. The van der Waals surface area contributed by atoms with Crippen molar-refractivity contribution in [1.82, 2.24) is 9.55 Å². The number of amides is 1. The van der Waals surface area contributed by atoms with Crippen LogP contribution in [-0.2, 0) is 17.6 Å². The Kier molecular flexibility index (Phi) is 5.85. The van der Waals surface area contributed by atoms with E-state index in [1.807, 2.05) is 57.2 Å². The fourth-order valence-electron chi connectivity index (χ4n) is 4.44. The Morgan fingerprint density at radius 3 is 2.73 bits per heavy atom. The van der Waals surface area contributed by atoms with E-state index in [9.17, 15) is 9.59 Å². The van der Waals surface area contributed by atoms with Crippen molar-refractivity contribution < 1.29 is 4.79 Å². The number of nitrogens with zero attached hydrogens (tertiary/aromatic N) is 2. The zero-order chi connectivity index (χ0) is 23.1. The van der Waals surface area contributed by atoms with E-state index in [0.717, 1.165) is 57.5 Å². The lowest BCUT2D eigenvalue weighted by atomic mass is 10.1. The van der Waals surface area contributed by atoms with Gasteiger partial charge in [0.05, 0.1) is 16.8 Å². The largest absolute Gasteiger partial charge is 0.325 e. The molecule has 0 bridgehead atoms. The second-order valence-electron chi connectivity index (χ2n) is 8.57. The smallest absolute Gasteiger partial charge is 0.267 e. The highest BCUT2D eigenvalue weighted by atomic mass is 32.2. The molecule has 1 aliphatic carbocycles. The Hall–Kier alpha value is -2.90. The van der Waals surface area contributed by atoms with Gasteiger partial charge < -0.3 is 5.32 Å². The Balaban J connectivity index is 1.54. The van der Waals surface area contributed by atoms with E-state index >= 15 is 0 Å². The number of aromatic nitrogens is 2. The van der Waals surface area contributed by atoms with Crippen molar-refractivity contribution >= 4 is 44.9 Å². The van der Waals surface area contributed by atoms with Gasteiger partial charge in [-0.1, -0.05) is 41.6 Å². The molecule has 168 valence electrons. The van der Waals surface area contributed by atoms with Gasteiger partial charge in [0.15, 0.2) is 5.16 Å². The first-order chi connectivity index (χ1) is 15.9. The molecule has 4 aromatic rings. The highest BCUT2D eigenvalue weighted by Crippen LogP contribution is 2.36. The number of rotatable bonds is 5. The van der Waals surface area contributed by atoms with E-state index in [2.05, 4.69) is 11.4 Å². The molecule has 0 spiro atoms. The van der Waals surface area contributed by atoms with Gasteiger partial charge in [-0.05, 0) is 74.9 Å². The number of thiophene rings is 1. The van der Waals surface area contributed by atoms with Crippen molar-refractivity contribution in [3.05, 3.63) is 79.9 Å². The molecular formula is C26H25N3O2S2. The van der Waals surface area contributed by atoms with Gasteiger partial charge in [-0.25, -0.2) is 4.98 Å². The van der Waals surface area contributed by atoms with Crippen LogP contribution in [0.15, 0.2) is 52.4 Å². The third-order valence-corrected chi connectivity index (χ3v) is 8.06. The molecule has 0 unspecified atom stereocenters. The molecule has 0 atom stereocenters. The van der Waals surface area contributed by atoms with Crippen molar-refractivity contribution in [2.75, 3.05) is 11.1 Å². The molecule has 5 rings (SSSR count). The first-order valence-electron chi connectivity index (χ1n) is 11.0. The highest BCUT2D eigenvalue weighted by Gasteiger charge is 2.24. The second-order valence-corrected chi connectivity index (χ2v) is 10.6. The Morgan fingerprint density at radius 1 is 1.12 bits per heavy atom. The van der Waals surface area contributed by atoms with Gasteiger partial charge in [0.25, 0.3) is 5.56 Å². The van der Waals surface area contributed by atoms with Crippen molar-refractivity contribution in [3.8, 4) is 5.69 Å². The molecule has 0 saturated carbocycles. The third kappa shape index (κ3) is 4.23. The molecule has 0 aliphatic heterocycles. The zero-order valence-electron chi connectivity index (χ0n) is 18.9. The molecule has 7 heteroatoms. The first-order valence-corrected chi connectivity index (χ1v) is 12.8. The van der Waals surface area contributed by atoms with E-state index in [1.165, 1.54) is 22.2 Å². The van der Waals surface area contributed by atoms with Crippen molar-refractivity contribution in [1.29, 1.82) is 0 Å². The van der Waals surface area contributed by atoms with Gasteiger partial charge in [-0.3, -0.25) is 14.2 Å². The van der Waals surface area contributed by atoms with Gasteiger partial charge in [-0.2, -0.15) is 0 Å². The number of thioether (sulfide) groups is 1. The van der Waals surface area contributed by atoms with E-state index in [1.54, 1.807) is 15.9 Å². The van der Waals surface area contributed by atoms with Crippen LogP contribution in [0.2, 0.25) is 0 Å². The second kappa shape index (κ2) is 8.80. The number of fused-ring (bicyclic) bond motifs is 3. The molecule has 2 aromatic carbocycles. The average molecular weight is 476 g/mol. The van der Waals surface area contributed by atoms with Gasteiger partial charge in [-0.15, -0.1) is 11.3 Å². The average Bonchev–Trinajstić information content (AvgIpc) is 3.34. The maximum absolute atomic E-state index is 13.8. The normalized spacial score (nSPS) is 12.8. The topological polar surface area (TPSA) is 64.0 Å². The molecule has 2 aromatic heterocycles. The van der Waals surface area contributed by atoms with Gasteiger partial charge in [0, 0.05) is 10.6 Å². The summed E-state index contributed by atoms with van der Waals surface area (Å²) < 4.78 is 1.70. The van der Waals surface area contributed by atoms with Crippen LogP contribution < -0.4 is 10.9 Å². The number of carbonyl (C=O) groups excluding carboxylic acids is 1. The molecule has 1 N–H and O–H groups in total. The van der Waals surface area contributed by atoms with Crippen LogP contribution in [0.4, 0.5) is 5.69 Å². The van der Waals surface area contributed by atoms with E-state index in [4.69, 9.17) is 4.98 Å². The minimum atomic E-state index is -0.124. The van der Waals surface area contributed by atoms with Crippen LogP contribution in [0.25, 0.3) is 15.9 Å². The summed E-state index contributed by atoms with van der Waals surface area (Å²) in [6, 6.07) is 13.8. The number of carbonyl (C=O) groups is 1. The molecule has 1 amide bonds. The van der Waals surface area contributed by atoms with Crippen LogP contribution in [0.3, 0.4) is 0 Å². The maximum Gasteiger partial charge on any atom is 0.267 e. The van der Waals surface area contributed by atoms with E-state index < -0.39 is 0 Å². The number of benzene rings is 2. The van der Waals surface area contributed by atoms with Crippen LogP contribution in [0.5, 0.6) is 0 Å². The maximum atomic E-state index is 13.8. The van der Waals surface area contributed by atoms with Gasteiger partial charge in [0.2, 0.25) is 5.91 Å². The summed E-state index contributed by atoms with van der Waals surface area (Å²) in [5, 5.41) is 4.25. The van der Waals surface area contributed by atoms with E-state index in [-0.39, 0.29) is 17.2 Å². The lowest BCUT2D eigenvalue weighted by Gasteiger charge is -2.15. The quantitative estimate of drug-likeness (QED) is 0.302. The summed E-state index contributed by atoms with van der Waals surface area (Å²) in [7, 11) is 0. The first kappa shape index (κ1) is 21.9. The number of aryl methyl sites for hydroxylation is 5. The lowest BCUT2D eigenvalue weighted by Crippen LogP contribution is -2.23. The predicted octanol–water partition coefficient (Wildman–Crippen LogP) is 5.59. The van der Waals surface area contributed by atoms with Gasteiger partial charge >= 0.3 is 0 Å². The summed E-state index contributed by atoms with van der Waals surface area (Å²) in [6.07, 6.45) is 3.04. The molecule has 2 heterocycles. The van der Waals surface area contributed by atoms with Crippen LogP contribution in [0.1, 0.15) is 33.6 Å². The Labute approximate surface area is 200 Å². The van der Waals surface area contributed by atoms with Crippen LogP contribution in [0, 0.1) is 20.8 Å². The standard InChI is InChI=1S/C26H25N3O2S2/c1-15-6-4-7-18(13-15)27-22(30)14-32-26-28-24-23(19-8-5-9-21(19)33-24)25(31)29(26)20-11-10-16(2)12-17(20)3/h4,6-7,10-13H,5,8-9,14H2,1-3H3,(H,27,30). The Morgan fingerprint density at radius 2 is 1.94 bits per heavy atom. The van der Waals surface area contributed by atoms with Crippen LogP contribution >= 0.6 is 23.1 Å². The summed E-state index contributed by atoms with van der Waals surface area (Å²) in [5.41, 5.74) is 5.96. The third-order valence-electron chi connectivity index (χ3n) is 5.94. The molecule has 0 saturated heterocycles. The van der Waals surface area contributed by atoms with Crippen molar-refractivity contribution in [3.63, 3.8) is 0 Å². The molecule has 33 heavy (non-hydrogen) atoms. The fourth-order valence-corrected chi connectivity index (χ4v) is 6.55. The summed E-state index contributed by atoms with van der Waals surface area (Å²) in [6.45, 7) is 6.04. The van der Waals surface area contributed by atoms with Crippen LogP contribution in [-0.4, -0.2) is 21.2 Å². The highest BCUT2D eigenvalue weighted by molar-refractivity contribution is 7.99. The SMILES string of the molecule is Cc1cccc(NC(=O)CSc2nc3sc4c(c3c(=O)n2-c2ccc(C)cc2C)CCC4)c1. The molecule has 1 aliphatic rings. The number of hydrogen-bond acceptors (Lipinski definition) is 5. The monoisotopic (exact) mass is 475 g/mol. The molecule has 0 radical (unpaired) electrons. The molecular weight excluding hydrogens is 450 g/mol. The molecule has 5 nitrogen and oxygen atoms in total. The zero-order valence-corrected chi connectivity index (χ0v) is 20.5. The summed E-state index contributed by atoms with van der Waals surface area (Å²) in [5.74, 6) is 0.0443. The minimum absolute atomic E-state index is 0.0343.